The summed E-state index contributed by atoms with van der Waals surface area (Å²) in [6.07, 6.45) is 0. The van der Waals surface area contributed by atoms with Crippen LogP contribution in [-0.4, -0.2) is 16.9 Å². The third kappa shape index (κ3) is 1.90. The van der Waals surface area contributed by atoms with E-state index in [0.717, 1.165) is 11.1 Å². The van der Waals surface area contributed by atoms with Crippen molar-refractivity contribution in [2.24, 2.45) is 0 Å². The van der Waals surface area contributed by atoms with Crippen LogP contribution < -0.4 is 5.32 Å². The van der Waals surface area contributed by atoms with Gasteiger partial charge in [0.1, 0.15) is 0 Å². The normalized spacial score (nSPS) is 23.9. The number of hydrogen-bond acceptors (Lipinski definition) is 3. The molecule has 2 heterocycles. The van der Waals surface area contributed by atoms with Crippen molar-refractivity contribution < 1.29 is 4.79 Å². The Morgan fingerprint density at radius 1 is 1.00 bits per heavy atom. The molecule has 0 saturated carbocycles. The van der Waals surface area contributed by atoms with Gasteiger partial charge in [-0.3, -0.25) is 10.1 Å². The molecule has 1 aliphatic heterocycles. The summed E-state index contributed by atoms with van der Waals surface area (Å²) >= 11 is 1.78. The van der Waals surface area contributed by atoms with Crippen molar-refractivity contribution in [3.05, 3.63) is 20.9 Å². The predicted octanol–water partition coefficient (Wildman–Crippen LogP) is 3.99. The molecule has 1 aromatic heterocycles. The fraction of sp³-hybridized carbons (Fsp3) is 0.688. The Hall–Kier alpha value is -0.670. The van der Waals surface area contributed by atoms with E-state index in [-0.39, 0.29) is 16.7 Å². The summed E-state index contributed by atoms with van der Waals surface area (Å²) in [6, 6.07) is 0. The number of nitrogens with one attached hydrogen (secondary N) is 1. The Labute approximate surface area is 120 Å². The van der Waals surface area contributed by atoms with Crippen molar-refractivity contribution in [3.63, 3.8) is 0 Å². The van der Waals surface area contributed by atoms with Gasteiger partial charge in [-0.05, 0) is 47.1 Å². The van der Waals surface area contributed by atoms with Crippen molar-refractivity contribution in [1.82, 2.24) is 5.32 Å². The third-order valence-electron chi connectivity index (χ3n) is 4.94. The second-order valence-corrected chi connectivity index (χ2v) is 8.54. The lowest BCUT2D eigenvalue weighted by Gasteiger charge is -2.44. The van der Waals surface area contributed by atoms with E-state index in [1.165, 1.54) is 9.75 Å². The van der Waals surface area contributed by atoms with E-state index in [1.54, 1.807) is 11.3 Å². The summed E-state index contributed by atoms with van der Waals surface area (Å²) in [4.78, 5) is 15.4. The van der Waals surface area contributed by atoms with Crippen LogP contribution >= 0.6 is 11.3 Å². The number of rotatable bonds is 0. The molecule has 2 nitrogen and oxygen atoms in total. The van der Waals surface area contributed by atoms with E-state index in [0.29, 0.717) is 0 Å². The van der Waals surface area contributed by atoms with Gasteiger partial charge in [-0.2, -0.15) is 0 Å². The molecule has 19 heavy (non-hydrogen) atoms. The minimum Gasteiger partial charge on any atom is -0.299 e. The maximum Gasteiger partial charge on any atom is 0.183 e. The highest BCUT2D eigenvalue weighted by molar-refractivity contribution is 7.12. The van der Waals surface area contributed by atoms with Crippen LogP contribution in [0.3, 0.4) is 0 Å². The topological polar surface area (TPSA) is 29.1 Å². The van der Waals surface area contributed by atoms with Crippen molar-refractivity contribution in [2.75, 3.05) is 0 Å². The lowest BCUT2D eigenvalue weighted by atomic mass is 9.72. The molecule has 0 bridgehead atoms. The smallest absolute Gasteiger partial charge is 0.183 e. The second-order valence-electron chi connectivity index (χ2n) is 7.32. The molecule has 0 spiro atoms. The lowest BCUT2D eigenvalue weighted by Crippen LogP contribution is -2.60. The number of carbonyl (C=O) groups excluding carboxylic acids is 1. The van der Waals surface area contributed by atoms with Gasteiger partial charge in [0, 0.05) is 26.3 Å². The molecule has 3 heteroatoms. The zero-order valence-corrected chi connectivity index (χ0v) is 14.1. The molecule has 0 aromatic carbocycles. The highest BCUT2D eigenvalue weighted by Crippen LogP contribution is 2.46. The summed E-state index contributed by atoms with van der Waals surface area (Å²) in [5, 5.41) is 3.57. The number of thiophene rings is 1. The van der Waals surface area contributed by atoms with Crippen molar-refractivity contribution in [2.45, 2.75) is 71.9 Å². The van der Waals surface area contributed by atoms with E-state index >= 15 is 0 Å². The summed E-state index contributed by atoms with van der Waals surface area (Å²) in [7, 11) is 0. The van der Waals surface area contributed by atoms with Gasteiger partial charge in [0.15, 0.2) is 5.78 Å². The van der Waals surface area contributed by atoms with E-state index in [4.69, 9.17) is 0 Å². The molecule has 0 aliphatic carbocycles. The van der Waals surface area contributed by atoms with Crippen LogP contribution in [-0.2, 0) is 5.41 Å². The first kappa shape index (κ1) is 14.7. The van der Waals surface area contributed by atoms with Crippen LogP contribution in [0.25, 0.3) is 0 Å². The number of ketones is 1. The van der Waals surface area contributed by atoms with Gasteiger partial charge in [-0.15, -0.1) is 11.3 Å². The van der Waals surface area contributed by atoms with Crippen molar-refractivity contribution >= 4 is 17.1 Å². The molecule has 0 amide bonds. The highest BCUT2D eigenvalue weighted by atomic mass is 32.1. The molecular formula is C16H25NOS. The van der Waals surface area contributed by atoms with Gasteiger partial charge in [0.05, 0.1) is 5.54 Å². The fourth-order valence-corrected chi connectivity index (χ4v) is 4.35. The zero-order chi connectivity index (χ0) is 14.8. The van der Waals surface area contributed by atoms with Gasteiger partial charge in [-0.25, -0.2) is 0 Å². The van der Waals surface area contributed by atoms with Gasteiger partial charge in [-0.1, -0.05) is 13.8 Å². The average Bonchev–Trinajstić information content (AvgIpc) is 2.51. The van der Waals surface area contributed by atoms with Gasteiger partial charge >= 0.3 is 0 Å². The summed E-state index contributed by atoms with van der Waals surface area (Å²) in [5.41, 5.74) is 1.38. The van der Waals surface area contributed by atoms with Gasteiger partial charge in [0.25, 0.3) is 0 Å². The molecule has 2 rings (SSSR count). The number of hydrogen-bond donors (Lipinski definition) is 1. The molecule has 0 atom stereocenters. The maximum absolute atomic E-state index is 12.9. The largest absolute Gasteiger partial charge is 0.299 e. The Bertz CT molecular complexity index is 549. The third-order valence-corrected chi connectivity index (χ3v) is 6.47. The SMILES string of the molecule is Cc1sc2c(c1C)C(=O)C(C)(C)NC(C)(C)C2(C)C. The summed E-state index contributed by atoms with van der Waals surface area (Å²) in [6.45, 7) is 17.1. The maximum atomic E-state index is 12.9. The summed E-state index contributed by atoms with van der Waals surface area (Å²) in [5.74, 6) is 0.225. The molecule has 0 radical (unpaired) electrons. The number of aryl methyl sites for hydroxylation is 1. The predicted molar refractivity (Wildman–Crippen MR) is 82.4 cm³/mol. The Balaban J connectivity index is 2.83. The number of fused-ring (bicyclic) bond motifs is 1. The number of carbonyl (C=O) groups is 1. The first-order chi connectivity index (χ1) is 8.42. The quantitative estimate of drug-likeness (QED) is 0.778. The minimum absolute atomic E-state index is 0.0740. The highest BCUT2D eigenvalue weighted by Gasteiger charge is 2.50. The van der Waals surface area contributed by atoms with E-state index in [1.807, 2.05) is 13.8 Å². The molecular weight excluding hydrogens is 254 g/mol. The van der Waals surface area contributed by atoms with Crippen molar-refractivity contribution in [3.8, 4) is 0 Å². The monoisotopic (exact) mass is 279 g/mol. The standard InChI is InChI=1S/C16H25NOS/c1-9-10(2)19-13-11(9)12(18)15(5,6)17-16(7,8)14(13,3)4/h17H,1-8H3. The minimum atomic E-state index is -0.524. The molecule has 0 fully saturated rings. The van der Waals surface area contributed by atoms with Crippen LogP contribution in [0.5, 0.6) is 0 Å². The van der Waals surface area contributed by atoms with Gasteiger partial charge in [0.2, 0.25) is 0 Å². The van der Waals surface area contributed by atoms with Crippen LogP contribution in [0.1, 0.15) is 67.2 Å². The lowest BCUT2D eigenvalue weighted by molar-refractivity contribution is 0.0840. The van der Waals surface area contributed by atoms with Crippen LogP contribution in [0, 0.1) is 13.8 Å². The number of Topliss-reactive ketones (excluding diaryl/α,β-unsaturated/α-hetero) is 1. The molecule has 1 aliphatic rings. The molecule has 0 saturated heterocycles. The van der Waals surface area contributed by atoms with Crippen LogP contribution in [0.4, 0.5) is 0 Å². The van der Waals surface area contributed by atoms with Gasteiger partial charge < -0.3 is 0 Å². The van der Waals surface area contributed by atoms with E-state index in [9.17, 15) is 4.79 Å². The second kappa shape index (κ2) is 3.92. The van der Waals surface area contributed by atoms with Crippen LogP contribution in [0.2, 0.25) is 0 Å². The van der Waals surface area contributed by atoms with Crippen LogP contribution in [0.15, 0.2) is 0 Å². The average molecular weight is 279 g/mol. The first-order valence-electron chi connectivity index (χ1n) is 6.86. The molecule has 1 N–H and O–H groups in total. The molecule has 0 unspecified atom stereocenters. The first-order valence-corrected chi connectivity index (χ1v) is 7.68. The molecule has 106 valence electrons. The van der Waals surface area contributed by atoms with E-state index in [2.05, 4.69) is 46.9 Å². The van der Waals surface area contributed by atoms with E-state index < -0.39 is 5.54 Å². The Morgan fingerprint density at radius 2 is 1.53 bits per heavy atom. The Kier molecular flexibility index (Phi) is 3.04. The molecule has 1 aromatic rings. The van der Waals surface area contributed by atoms with Crippen molar-refractivity contribution in [1.29, 1.82) is 0 Å². The Morgan fingerprint density at radius 3 is 2.05 bits per heavy atom. The summed E-state index contributed by atoms with van der Waals surface area (Å²) < 4.78 is 0. The fourth-order valence-electron chi connectivity index (χ4n) is 2.93. The zero-order valence-electron chi connectivity index (χ0n) is 13.3.